The molecule has 2 amide bonds. The molecule has 0 spiro atoms. The number of hydrogen-bond donors (Lipinski definition) is 2. The summed E-state index contributed by atoms with van der Waals surface area (Å²) in [7, 11) is 1.62. The van der Waals surface area contributed by atoms with Gasteiger partial charge in [-0.3, -0.25) is 0 Å². The van der Waals surface area contributed by atoms with Crippen molar-refractivity contribution in [1.29, 1.82) is 0 Å². The van der Waals surface area contributed by atoms with Gasteiger partial charge < -0.3 is 10.6 Å². The van der Waals surface area contributed by atoms with Gasteiger partial charge in [0.15, 0.2) is 0 Å². The molecule has 0 aliphatic rings. The summed E-state index contributed by atoms with van der Waals surface area (Å²) in [5.74, 6) is 0. The van der Waals surface area contributed by atoms with Gasteiger partial charge in [0.2, 0.25) is 0 Å². The standard InChI is InChI=1S/C15H18N2O/c1-15(2,17-14(18)16-3)13-10-6-8-11-7-4-5-9-12(11)13/h4-10H,1-3H3,(H2,16,17,18). The van der Waals surface area contributed by atoms with Gasteiger partial charge in [0.25, 0.3) is 0 Å². The Hall–Kier alpha value is -2.03. The molecule has 3 heteroatoms. The van der Waals surface area contributed by atoms with Crippen LogP contribution in [0.5, 0.6) is 0 Å². The second kappa shape index (κ2) is 4.69. The molecule has 0 saturated carbocycles. The highest BCUT2D eigenvalue weighted by atomic mass is 16.2. The highest BCUT2D eigenvalue weighted by molar-refractivity contribution is 5.87. The van der Waals surface area contributed by atoms with Crippen LogP contribution in [-0.4, -0.2) is 13.1 Å². The number of carbonyl (C=O) groups excluding carboxylic acids is 1. The van der Waals surface area contributed by atoms with Gasteiger partial charge >= 0.3 is 6.03 Å². The average Bonchev–Trinajstić information content (AvgIpc) is 2.37. The van der Waals surface area contributed by atoms with Crippen molar-refractivity contribution in [1.82, 2.24) is 10.6 Å². The van der Waals surface area contributed by atoms with Gasteiger partial charge in [0, 0.05) is 7.05 Å². The monoisotopic (exact) mass is 242 g/mol. The molecule has 0 unspecified atom stereocenters. The Labute approximate surface area is 107 Å². The van der Waals surface area contributed by atoms with Crippen molar-refractivity contribution < 1.29 is 4.79 Å². The highest BCUT2D eigenvalue weighted by Gasteiger charge is 2.24. The molecule has 0 bridgehead atoms. The van der Waals surface area contributed by atoms with Crippen molar-refractivity contribution in [3.8, 4) is 0 Å². The minimum atomic E-state index is -0.416. The van der Waals surface area contributed by atoms with Gasteiger partial charge in [0.1, 0.15) is 0 Å². The quantitative estimate of drug-likeness (QED) is 0.835. The molecule has 0 saturated heterocycles. The van der Waals surface area contributed by atoms with Crippen LogP contribution in [0, 0.1) is 0 Å². The normalized spacial score (nSPS) is 11.3. The van der Waals surface area contributed by atoms with Gasteiger partial charge in [-0.25, -0.2) is 4.79 Å². The van der Waals surface area contributed by atoms with E-state index in [1.165, 1.54) is 10.8 Å². The van der Waals surface area contributed by atoms with Crippen molar-refractivity contribution in [2.24, 2.45) is 0 Å². The van der Waals surface area contributed by atoms with Gasteiger partial charge in [0.05, 0.1) is 5.54 Å². The van der Waals surface area contributed by atoms with E-state index in [0.717, 1.165) is 5.56 Å². The Morgan fingerprint density at radius 1 is 1.06 bits per heavy atom. The summed E-state index contributed by atoms with van der Waals surface area (Å²) >= 11 is 0. The smallest absolute Gasteiger partial charge is 0.315 e. The third-order valence-corrected chi connectivity index (χ3v) is 3.12. The lowest BCUT2D eigenvalue weighted by molar-refractivity contribution is 0.232. The van der Waals surface area contributed by atoms with E-state index in [2.05, 4.69) is 34.9 Å². The fourth-order valence-electron chi connectivity index (χ4n) is 2.18. The maximum absolute atomic E-state index is 11.5. The van der Waals surface area contributed by atoms with Crippen molar-refractivity contribution in [3.63, 3.8) is 0 Å². The van der Waals surface area contributed by atoms with E-state index >= 15 is 0 Å². The van der Waals surface area contributed by atoms with E-state index in [4.69, 9.17) is 0 Å². The SMILES string of the molecule is CNC(=O)NC(C)(C)c1cccc2ccccc12. The van der Waals surface area contributed by atoms with Crippen molar-refractivity contribution in [2.75, 3.05) is 7.05 Å². The first-order chi connectivity index (χ1) is 8.54. The van der Waals surface area contributed by atoms with Gasteiger partial charge in [-0.15, -0.1) is 0 Å². The summed E-state index contributed by atoms with van der Waals surface area (Å²) in [6.45, 7) is 4.01. The molecule has 0 atom stereocenters. The first-order valence-electron chi connectivity index (χ1n) is 6.03. The van der Waals surface area contributed by atoms with E-state index in [9.17, 15) is 4.79 Å². The zero-order valence-electron chi connectivity index (χ0n) is 10.9. The lowest BCUT2D eigenvalue weighted by atomic mass is 9.89. The van der Waals surface area contributed by atoms with Crippen LogP contribution in [0.15, 0.2) is 42.5 Å². The molecule has 3 nitrogen and oxygen atoms in total. The number of urea groups is 1. The summed E-state index contributed by atoms with van der Waals surface area (Å²) in [5.41, 5.74) is 0.699. The molecule has 94 valence electrons. The molecule has 2 aromatic carbocycles. The van der Waals surface area contributed by atoms with Crippen LogP contribution in [0.2, 0.25) is 0 Å². The second-order valence-electron chi connectivity index (χ2n) is 4.86. The second-order valence-corrected chi connectivity index (χ2v) is 4.86. The number of fused-ring (bicyclic) bond motifs is 1. The molecular formula is C15H18N2O. The Bertz CT molecular complexity index is 570. The first kappa shape index (κ1) is 12.4. The van der Waals surface area contributed by atoms with Crippen LogP contribution in [0.25, 0.3) is 10.8 Å². The maximum Gasteiger partial charge on any atom is 0.315 e. The molecule has 2 N–H and O–H groups in total. The number of nitrogens with one attached hydrogen (secondary N) is 2. The zero-order chi connectivity index (χ0) is 13.2. The number of carbonyl (C=O) groups is 1. The number of rotatable bonds is 2. The molecule has 2 aromatic rings. The van der Waals surface area contributed by atoms with Crippen LogP contribution < -0.4 is 10.6 Å². The maximum atomic E-state index is 11.5. The van der Waals surface area contributed by atoms with E-state index < -0.39 is 5.54 Å². The molecule has 2 rings (SSSR count). The summed E-state index contributed by atoms with van der Waals surface area (Å²) in [5, 5.41) is 7.90. The number of benzene rings is 2. The fraction of sp³-hybridized carbons (Fsp3) is 0.267. The number of hydrogen-bond acceptors (Lipinski definition) is 1. The predicted octanol–water partition coefficient (Wildman–Crippen LogP) is 3.00. The van der Waals surface area contributed by atoms with Gasteiger partial charge in [-0.1, -0.05) is 42.5 Å². The highest BCUT2D eigenvalue weighted by Crippen LogP contribution is 2.28. The summed E-state index contributed by atoms with van der Waals surface area (Å²) in [4.78, 5) is 11.5. The lowest BCUT2D eigenvalue weighted by Crippen LogP contribution is -2.45. The fourth-order valence-corrected chi connectivity index (χ4v) is 2.18. The Kier molecular flexibility index (Phi) is 3.24. The Morgan fingerprint density at radius 3 is 2.44 bits per heavy atom. The van der Waals surface area contributed by atoms with E-state index in [1.54, 1.807) is 7.05 Å². The van der Waals surface area contributed by atoms with E-state index in [-0.39, 0.29) is 6.03 Å². The minimum Gasteiger partial charge on any atom is -0.341 e. The molecule has 18 heavy (non-hydrogen) atoms. The van der Waals surface area contributed by atoms with Crippen LogP contribution in [0.4, 0.5) is 4.79 Å². The van der Waals surface area contributed by atoms with Gasteiger partial charge in [-0.2, -0.15) is 0 Å². The van der Waals surface area contributed by atoms with Crippen LogP contribution >= 0.6 is 0 Å². The predicted molar refractivity (Wildman–Crippen MR) is 74.6 cm³/mol. The van der Waals surface area contributed by atoms with Crippen LogP contribution in [0.1, 0.15) is 19.4 Å². The number of amides is 2. The molecular weight excluding hydrogens is 224 g/mol. The molecule has 0 aliphatic heterocycles. The first-order valence-corrected chi connectivity index (χ1v) is 6.03. The molecule has 0 fully saturated rings. The third-order valence-electron chi connectivity index (χ3n) is 3.12. The Morgan fingerprint density at radius 2 is 1.72 bits per heavy atom. The van der Waals surface area contributed by atoms with Crippen molar-refractivity contribution in [2.45, 2.75) is 19.4 Å². The van der Waals surface area contributed by atoms with Crippen molar-refractivity contribution in [3.05, 3.63) is 48.0 Å². The molecule has 0 heterocycles. The zero-order valence-corrected chi connectivity index (χ0v) is 10.9. The summed E-state index contributed by atoms with van der Waals surface area (Å²) < 4.78 is 0. The minimum absolute atomic E-state index is 0.173. The lowest BCUT2D eigenvalue weighted by Gasteiger charge is -2.28. The average molecular weight is 242 g/mol. The van der Waals surface area contributed by atoms with Crippen LogP contribution in [-0.2, 0) is 5.54 Å². The molecule has 0 radical (unpaired) electrons. The molecule has 0 aromatic heterocycles. The Balaban J connectivity index is 2.50. The van der Waals surface area contributed by atoms with E-state index in [1.807, 2.05) is 32.0 Å². The summed E-state index contributed by atoms with van der Waals surface area (Å²) in [6.07, 6.45) is 0. The van der Waals surface area contributed by atoms with Gasteiger partial charge in [-0.05, 0) is 30.2 Å². The van der Waals surface area contributed by atoms with E-state index in [0.29, 0.717) is 0 Å². The topological polar surface area (TPSA) is 41.1 Å². The van der Waals surface area contributed by atoms with Crippen molar-refractivity contribution >= 4 is 16.8 Å². The summed E-state index contributed by atoms with van der Waals surface area (Å²) in [6, 6.07) is 14.2. The third kappa shape index (κ3) is 2.30. The largest absolute Gasteiger partial charge is 0.341 e. The van der Waals surface area contributed by atoms with Crippen LogP contribution in [0.3, 0.4) is 0 Å². The molecule has 0 aliphatic carbocycles.